The lowest BCUT2D eigenvalue weighted by molar-refractivity contribution is 0.0526. The van der Waals surface area contributed by atoms with Crippen LogP contribution in [0.25, 0.3) is 10.2 Å². The van der Waals surface area contributed by atoms with E-state index in [1.165, 1.54) is 33.4 Å². The van der Waals surface area contributed by atoms with Crippen LogP contribution in [0.1, 0.15) is 29.1 Å². The fraction of sp³-hybridized carbons (Fsp3) is 0.381. The van der Waals surface area contributed by atoms with Crippen LogP contribution in [0, 0.1) is 0 Å². The van der Waals surface area contributed by atoms with Gasteiger partial charge in [0.15, 0.2) is 0 Å². The second-order valence-electron chi connectivity index (χ2n) is 7.12. The highest BCUT2D eigenvalue weighted by atomic mass is 32.2. The van der Waals surface area contributed by atoms with Gasteiger partial charge in [0.1, 0.15) is 17.0 Å². The average molecular weight is 461 g/mol. The van der Waals surface area contributed by atoms with Crippen molar-refractivity contribution in [1.29, 1.82) is 0 Å². The Hall–Kier alpha value is -2.56. The second kappa shape index (κ2) is 8.89. The van der Waals surface area contributed by atoms with Crippen molar-refractivity contribution >= 4 is 43.4 Å². The number of piperazine rings is 1. The number of aryl methyl sites for hydroxylation is 1. The van der Waals surface area contributed by atoms with Crippen LogP contribution in [0.15, 0.2) is 41.6 Å². The first-order chi connectivity index (χ1) is 14.9. The lowest BCUT2D eigenvalue weighted by Crippen LogP contribution is -2.49. The van der Waals surface area contributed by atoms with E-state index in [0.717, 1.165) is 22.5 Å². The predicted molar refractivity (Wildman–Crippen MR) is 120 cm³/mol. The summed E-state index contributed by atoms with van der Waals surface area (Å²) in [5.74, 6) is 0.396. The summed E-state index contributed by atoms with van der Waals surface area (Å²) in [4.78, 5) is 25.1. The van der Waals surface area contributed by atoms with Crippen LogP contribution < -0.4 is 4.90 Å². The highest BCUT2D eigenvalue weighted by molar-refractivity contribution is 7.89. The number of carbonyl (C=O) groups is 1. The minimum Gasteiger partial charge on any atom is -0.462 e. The maximum atomic E-state index is 13.1. The molecule has 1 aliphatic heterocycles. The van der Waals surface area contributed by atoms with Gasteiger partial charge in [0, 0.05) is 31.1 Å². The number of aromatic nitrogens is 2. The van der Waals surface area contributed by atoms with Gasteiger partial charge in [-0.05, 0) is 43.7 Å². The Labute approximate surface area is 185 Å². The van der Waals surface area contributed by atoms with Crippen molar-refractivity contribution in [3.63, 3.8) is 0 Å². The molecule has 2 aromatic heterocycles. The van der Waals surface area contributed by atoms with Gasteiger partial charge in [0.2, 0.25) is 10.0 Å². The highest BCUT2D eigenvalue weighted by Crippen LogP contribution is 2.31. The third-order valence-corrected chi connectivity index (χ3v) is 8.35. The van der Waals surface area contributed by atoms with E-state index in [4.69, 9.17) is 4.74 Å². The molecule has 0 atom stereocenters. The van der Waals surface area contributed by atoms with Gasteiger partial charge >= 0.3 is 5.97 Å². The van der Waals surface area contributed by atoms with E-state index in [0.29, 0.717) is 31.7 Å². The van der Waals surface area contributed by atoms with Gasteiger partial charge < -0.3 is 9.64 Å². The topological polar surface area (TPSA) is 92.7 Å². The summed E-state index contributed by atoms with van der Waals surface area (Å²) in [5, 5.41) is 1.02. The number of carbonyl (C=O) groups excluding carboxylic acids is 1. The summed E-state index contributed by atoms with van der Waals surface area (Å²) < 4.78 is 32.5. The van der Waals surface area contributed by atoms with E-state index < -0.39 is 16.0 Å². The Balaban J connectivity index is 1.48. The summed E-state index contributed by atoms with van der Waals surface area (Å²) in [6, 6.07) is 8.02. The third-order valence-electron chi connectivity index (χ3n) is 5.25. The highest BCUT2D eigenvalue weighted by Gasteiger charge is 2.30. The van der Waals surface area contributed by atoms with Gasteiger partial charge in [-0.2, -0.15) is 4.31 Å². The number of hydrogen-bond acceptors (Lipinski definition) is 8. The maximum Gasteiger partial charge on any atom is 0.338 e. The van der Waals surface area contributed by atoms with Crippen molar-refractivity contribution in [3.8, 4) is 0 Å². The molecule has 0 saturated carbocycles. The molecule has 1 saturated heterocycles. The lowest BCUT2D eigenvalue weighted by Gasteiger charge is -2.34. The molecule has 0 N–H and O–H groups in total. The standard InChI is InChI=1S/C21H24N4O4S2/c1-3-16-13-18-19(22-14-23-20(18)30-16)24-9-11-25(12-10-24)31(27,28)17-7-5-15(6-8-17)21(26)29-4-2/h5-8,13-14H,3-4,9-12H2,1-2H3. The quantitative estimate of drug-likeness (QED) is 0.522. The normalized spacial score (nSPS) is 15.4. The maximum absolute atomic E-state index is 13.1. The van der Waals surface area contributed by atoms with Gasteiger partial charge in [-0.1, -0.05) is 6.92 Å². The molecule has 0 amide bonds. The van der Waals surface area contributed by atoms with Gasteiger partial charge in [-0.25, -0.2) is 23.2 Å². The molecule has 31 heavy (non-hydrogen) atoms. The number of fused-ring (bicyclic) bond motifs is 1. The first kappa shape index (κ1) is 21.7. The van der Waals surface area contributed by atoms with Gasteiger partial charge in [-0.15, -0.1) is 11.3 Å². The molecule has 164 valence electrons. The third kappa shape index (κ3) is 4.28. The Bertz CT molecular complexity index is 1180. The molecule has 3 heterocycles. The van der Waals surface area contributed by atoms with Crippen LogP contribution in [-0.2, 0) is 21.2 Å². The number of thiophene rings is 1. The second-order valence-corrected chi connectivity index (χ2v) is 10.2. The SMILES string of the molecule is CCOC(=O)c1ccc(S(=O)(=O)N2CCN(c3ncnc4sc(CC)cc34)CC2)cc1. The molecule has 3 aromatic rings. The molecular weight excluding hydrogens is 436 g/mol. The van der Waals surface area contributed by atoms with Gasteiger partial charge in [0.25, 0.3) is 0 Å². The minimum atomic E-state index is -3.64. The Morgan fingerprint density at radius 1 is 1.10 bits per heavy atom. The molecule has 8 nitrogen and oxygen atoms in total. The Morgan fingerprint density at radius 2 is 1.81 bits per heavy atom. The van der Waals surface area contributed by atoms with Crippen LogP contribution in [0.4, 0.5) is 5.82 Å². The summed E-state index contributed by atoms with van der Waals surface area (Å²) in [6.45, 7) is 5.92. The fourth-order valence-electron chi connectivity index (χ4n) is 3.59. The van der Waals surface area contributed by atoms with E-state index in [9.17, 15) is 13.2 Å². The molecule has 4 rings (SSSR count). The summed E-state index contributed by atoms with van der Waals surface area (Å²) in [7, 11) is -3.64. The number of sulfonamides is 1. The van der Waals surface area contributed by atoms with Crippen LogP contribution in [0.3, 0.4) is 0 Å². The number of benzene rings is 1. The first-order valence-corrected chi connectivity index (χ1v) is 12.5. The van der Waals surface area contributed by atoms with Crippen LogP contribution >= 0.6 is 11.3 Å². The van der Waals surface area contributed by atoms with E-state index in [2.05, 4.69) is 27.9 Å². The number of hydrogen-bond donors (Lipinski definition) is 0. The molecule has 1 aromatic carbocycles. The average Bonchev–Trinajstić information content (AvgIpc) is 3.23. The molecule has 0 radical (unpaired) electrons. The van der Waals surface area contributed by atoms with E-state index in [-0.39, 0.29) is 11.5 Å². The van der Waals surface area contributed by atoms with Crippen LogP contribution in [0.2, 0.25) is 0 Å². The van der Waals surface area contributed by atoms with Gasteiger partial charge in [0.05, 0.1) is 22.5 Å². The van der Waals surface area contributed by atoms with Crippen molar-refractivity contribution in [2.75, 3.05) is 37.7 Å². The molecule has 0 aliphatic carbocycles. The zero-order valence-corrected chi connectivity index (χ0v) is 19.1. The Morgan fingerprint density at radius 3 is 2.45 bits per heavy atom. The molecule has 1 aliphatic rings. The number of ether oxygens (including phenoxy) is 1. The summed E-state index contributed by atoms with van der Waals surface area (Å²) >= 11 is 1.67. The zero-order valence-electron chi connectivity index (χ0n) is 17.4. The zero-order chi connectivity index (χ0) is 22.0. The summed E-state index contributed by atoms with van der Waals surface area (Å²) in [6.07, 6.45) is 2.52. The van der Waals surface area contributed by atoms with Crippen molar-refractivity contribution in [2.24, 2.45) is 0 Å². The van der Waals surface area contributed by atoms with Crippen LogP contribution in [-0.4, -0.2) is 61.4 Å². The Kier molecular flexibility index (Phi) is 6.22. The van der Waals surface area contributed by atoms with E-state index >= 15 is 0 Å². The molecule has 0 unspecified atom stereocenters. The van der Waals surface area contributed by atoms with Crippen molar-refractivity contribution < 1.29 is 17.9 Å². The van der Waals surface area contributed by atoms with Crippen molar-refractivity contribution in [2.45, 2.75) is 25.2 Å². The number of nitrogens with zero attached hydrogens (tertiary/aromatic N) is 4. The smallest absolute Gasteiger partial charge is 0.338 e. The van der Waals surface area contributed by atoms with E-state index in [1.54, 1.807) is 24.6 Å². The molecule has 0 bridgehead atoms. The number of anilines is 1. The van der Waals surface area contributed by atoms with Crippen LogP contribution in [0.5, 0.6) is 0 Å². The first-order valence-electron chi connectivity index (χ1n) is 10.2. The monoisotopic (exact) mass is 460 g/mol. The van der Waals surface area contributed by atoms with Gasteiger partial charge in [-0.3, -0.25) is 0 Å². The molecule has 10 heteroatoms. The fourth-order valence-corrected chi connectivity index (χ4v) is 5.94. The van der Waals surface area contributed by atoms with E-state index in [1.807, 2.05) is 0 Å². The largest absolute Gasteiger partial charge is 0.462 e. The molecule has 1 fully saturated rings. The lowest BCUT2D eigenvalue weighted by atomic mass is 10.2. The van der Waals surface area contributed by atoms with Crippen molar-refractivity contribution in [1.82, 2.24) is 14.3 Å². The van der Waals surface area contributed by atoms with Crippen molar-refractivity contribution in [3.05, 3.63) is 47.1 Å². The number of esters is 1. The molecular formula is C21H24N4O4S2. The summed E-state index contributed by atoms with van der Waals surface area (Å²) in [5.41, 5.74) is 0.334. The predicted octanol–water partition coefficient (Wildman–Crippen LogP) is 2.94. The number of rotatable bonds is 6. The molecule has 0 spiro atoms. The minimum absolute atomic E-state index is 0.170.